The zero-order valence-corrected chi connectivity index (χ0v) is 11.0. The zero-order chi connectivity index (χ0) is 14.1. The third-order valence-electron chi connectivity index (χ3n) is 3.47. The molecule has 0 spiro atoms. The normalized spacial score (nSPS) is 10.7. The fourth-order valence-electron chi connectivity index (χ4n) is 2.50. The number of aromatic nitrogens is 1. The molecule has 0 atom stereocenters. The highest BCUT2D eigenvalue weighted by molar-refractivity contribution is 5.88. The van der Waals surface area contributed by atoms with E-state index in [1.54, 1.807) is 12.1 Å². The van der Waals surface area contributed by atoms with Crippen molar-refractivity contribution in [2.45, 2.75) is 6.92 Å². The number of hydrogen-bond acceptors (Lipinski definition) is 2. The third-order valence-corrected chi connectivity index (χ3v) is 3.47. The fraction of sp³-hybridized carbons (Fsp3) is 0.0588. The fourth-order valence-corrected chi connectivity index (χ4v) is 2.50. The first-order valence-electron chi connectivity index (χ1n) is 6.40. The van der Waals surface area contributed by atoms with Crippen LogP contribution in [0.3, 0.4) is 0 Å². The summed E-state index contributed by atoms with van der Waals surface area (Å²) in [5, 5.41) is 1.33. The van der Waals surface area contributed by atoms with Crippen LogP contribution in [-0.4, -0.2) is 4.98 Å². The number of rotatable bonds is 1. The van der Waals surface area contributed by atoms with E-state index in [1.807, 2.05) is 49.4 Å². The molecule has 3 nitrogen and oxygen atoms in total. The summed E-state index contributed by atoms with van der Waals surface area (Å²) in [6.07, 6.45) is 0. The lowest BCUT2D eigenvalue weighted by Crippen LogP contribution is -2.15. The molecule has 20 heavy (non-hydrogen) atoms. The maximum Gasteiger partial charge on any atom is 0.259 e. The summed E-state index contributed by atoms with van der Waals surface area (Å²) in [6.45, 7) is 1.87. The summed E-state index contributed by atoms with van der Waals surface area (Å²) in [7, 11) is 0. The largest absolute Gasteiger partial charge is 0.288 e. The minimum atomic E-state index is -0.352. The third kappa shape index (κ3) is 1.93. The smallest absolute Gasteiger partial charge is 0.259 e. The van der Waals surface area contributed by atoms with Gasteiger partial charge in [-0.3, -0.25) is 14.6 Å². The van der Waals surface area contributed by atoms with E-state index in [2.05, 4.69) is 4.98 Å². The molecule has 0 amide bonds. The molecule has 3 rings (SSSR count). The summed E-state index contributed by atoms with van der Waals surface area (Å²) in [5.41, 5.74) is 1.47. The van der Waals surface area contributed by atoms with Gasteiger partial charge in [0.05, 0.1) is 5.56 Å². The first-order chi connectivity index (χ1) is 9.68. The number of hydrogen-bond donors (Lipinski definition) is 1. The van der Waals surface area contributed by atoms with E-state index in [4.69, 9.17) is 0 Å². The number of benzene rings is 2. The highest BCUT2D eigenvalue weighted by atomic mass is 16.2. The molecule has 3 heteroatoms. The molecule has 0 aliphatic rings. The van der Waals surface area contributed by atoms with Gasteiger partial charge in [-0.25, -0.2) is 0 Å². The van der Waals surface area contributed by atoms with Crippen molar-refractivity contribution < 1.29 is 0 Å². The van der Waals surface area contributed by atoms with Crippen LogP contribution >= 0.6 is 0 Å². The van der Waals surface area contributed by atoms with Gasteiger partial charge in [-0.2, -0.15) is 0 Å². The van der Waals surface area contributed by atoms with Gasteiger partial charge < -0.3 is 0 Å². The minimum Gasteiger partial charge on any atom is -0.288 e. The van der Waals surface area contributed by atoms with Crippen molar-refractivity contribution in [3.05, 3.63) is 80.9 Å². The molecule has 0 bridgehead atoms. The van der Waals surface area contributed by atoms with Gasteiger partial charge in [0.2, 0.25) is 0 Å². The number of H-pyrrole nitrogens is 1. The lowest BCUT2D eigenvalue weighted by atomic mass is 10.00. The second-order valence-corrected chi connectivity index (χ2v) is 4.69. The number of fused-ring (bicyclic) bond motifs is 1. The number of aryl methyl sites for hydroxylation is 1. The first-order valence-corrected chi connectivity index (χ1v) is 6.40. The molecule has 3 aromatic rings. The van der Waals surface area contributed by atoms with Gasteiger partial charge in [-0.1, -0.05) is 48.5 Å². The molecule has 0 saturated carbocycles. The summed E-state index contributed by atoms with van der Waals surface area (Å²) in [4.78, 5) is 26.8. The van der Waals surface area contributed by atoms with Crippen molar-refractivity contribution in [2.24, 2.45) is 0 Å². The summed E-state index contributed by atoms with van der Waals surface area (Å²) in [5.74, 6) is 0. The average Bonchev–Trinajstić information content (AvgIpc) is 2.56. The van der Waals surface area contributed by atoms with Crippen molar-refractivity contribution in [3.8, 4) is 11.1 Å². The van der Waals surface area contributed by atoms with Crippen molar-refractivity contribution in [3.63, 3.8) is 0 Å². The zero-order valence-electron chi connectivity index (χ0n) is 11.0. The Morgan fingerprint density at radius 3 is 2.05 bits per heavy atom. The Labute approximate surface area is 115 Å². The number of aromatic amines is 1. The van der Waals surface area contributed by atoms with Crippen LogP contribution in [0.1, 0.15) is 5.56 Å². The van der Waals surface area contributed by atoms with Crippen molar-refractivity contribution in [1.29, 1.82) is 0 Å². The Hall–Kier alpha value is -2.68. The van der Waals surface area contributed by atoms with Gasteiger partial charge >= 0.3 is 0 Å². The van der Waals surface area contributed by atoms with Crippen LogP contribution in [0.4, 0.5) is 0 Å². The van der Waals surface area contributed by atoms with Crippen LogP contribution in [0.5, 0.6) is 0 Å². The van der Waals surface area contributed by atoms with E-state index < -0.39 is 0 Å². The molecule has 1 N–H and O–H groups in total. The van der Waals surface area contributed by atoms with Crippen molar-refractivity contribution >= 4 is 10.8 Å². The average molecular weight is 263 g/mol. The van der Waals surface area contributed by atoms with Crippen LogP contribution in [0, 0.1) is 6.92 Å². The summed E-state index contributed by atoms with van der Waals surface area (Å²) in [6, 6.07) is 16.7. The molecular formula is C17H13NO2. The molecular weight excluding hydrogens is 250 g/mol. The van der Waals surface area contributed by atoms with E-state index in [0.717, 1.165) is 16.5 Å². The maximum atomic E-state index is 12.3. The Balaban J connectivity index is 2.55. The van der Waals surface area contributed by atoms with E-state index in [9.17, 15) is 9.59 Å². The SMILES string of the molecule is Cc1c(-c2ccccc2)c(=O)[nH]c(=O)c2ccccc12. The van der Waals surface area contributed by atoms with E-state index in [0.29, 0.717) is 10.9 Å². The Morgan fingerprint density at radius 2 is 1.35 bits per heavy atom. The minimum absolute atomic E-state index is 0.351. The maximum absolute atomic E-state index is 12.3. The van der Waals surface area contributed by atoms with Gasteiger partial charge in [-0.15, -0.1) is 0 Å². The van der Waals surface area contributed by atoms with Crippen LogP contribution in [0.2, 0.25) is 0 Å². The van der Waals surface area contributed by atoms with Crippen LogP contribution in [0.25, 0.3) is 21.9 Å². The van der Waals surface area contributed by atoms with Gasteiger partial charge in [0.1, 0.15) is 0 Å². The number of nitrogens with one attached hydrogen (secondary N) is 1. The van der Waals surface area contributed by atoms with Gasteiger partial charge in [0.25, 0.3) is 11.1 Å². The second kappa shape index (κ2) is 4.78. The molecule has 0 fully saturated rings. The Morgan fingerprint density at radius 1 is 0.750 bits per heavy atom. The van der Waals surface area contributed by atoms with E-state index in [-0.39, 0.29) is 11.1 Å². The first kappa shape index (κ1) is 12.4. The van der Waals surface area contributed by atoms with Crippen molar-refractivity contribution in [2.75, 3.05) is 0 Å². The van der Waals surface area contributed by atoms with Crippen LogP contribution < -0.4 is 11.1 Å². The van der Waals surface area contributed by atoms with Crippen LogP contribution in [0.15, 0.2) is 64.2 Å². The molecule has 1 aromatic heterocycles. The molecule has 0 aliphatic heterocycles. The second-order valence-electron chi connectivity index (χ2n) is 4.69. The monoisotopic (exact) mass is 263 g/mol. The molecule has 98 valence electrons. The van der Waals surface area contributed by atoms with E-state index >= 15 is 0 Å². The Kier molecular flexibility index (Phi) is 2.95. The van der Waals surface area contributed by atoms with Gasteiger partial charge in [0.15, 0.2) is 0 Å². The summed E-state index contributed by atoms with van der Waals surface area (Å²) < 4.78 is 0. The Bertz CT molecular complexity index is 896. The molecule has 2 aromatic carbocycles. The van der Waals surface area contributed by atoms with Gasteiger partial charge in [-0.05, 0) is 29.5 Å². The summed E-state index contributed by atoms with van der Waals surface area (Å²) >= 11 is 0. The quantitative estimate of drug-likeness (QED) is 0.734. The van der Waals surface area contributed by atoms with E-state index in [1.165, 1.54) is 0 Å². The highest BCUT2D eigenvalue weighted by Crippen LogP contribution is 2.23. The van der Waals surface area contributed by atoms with Crippen molar-refractivity contribution in [1.82, 2.24) is 4.98 Å². The highest BCUT2D eigenvalue weighted by Gasteiger charge is 2.10. The predicted molar refractivity (Wildman–Crippen MR) is 81.0 cm³/mol. The van der Waals surface area contributed by atoms with Crippen LogP contribution in [-0.2, 0) is 0 Å². The standard InChI is InChI=1S/C17H13NO2/c1-11-13-9-5-6-10-14(13)16(19)18-17(20)15(11)12-7-3-2-4-8-12/h2-10H,1H3,(H,18,19,20). The topological polar surface area (TPSA) is 49.9 Å². The molecule has 0 saturated heterocycles. The molecule has 0 unspecified atom stereocenters. The van der Waals surface area contributed by atoms with Gasteiger partial charge in [0, 0.05) is 5.39 Å². The predicted octanol–water partition coefficient (Wildman–Crippen LogP) is 2.86. The lowest BCUT2D eigenvalue weighted by molar-refractivity contribution is 1.21. The lowest BCUT2D eigenvalue weighted by Gasteiger charge is -2.02. The molecule has 1 heterocycles. The molecule has 0 radical (unpaired) electrons. The molecule has 0 aliphatic carbocycles.